The van der Waals surface area contributed by atoms with E-state index in [0.717, 1.165) is 154 Å². The Hall–Kier alpha value is -4.54. The molecule has 586 valence electrons. The van der Waals surface area contributed by atoms with Crippen LogP contribution >= 0.6 is 15.6 Å². The Morgan fingerprint density at radius 3 is 0.902 bits per heavy atom. The van der Waals surface area contributed by atoms with E-state index in [-0.39, 0.29) is 25.7 Å². The molecule has 0 aromatic rings. The highest BCUT2D eigenvalue weighted by Gasteiger charge is 2.30. The number of aliphatic hydroxyl groups is 1. The van der Waals surface area contributed by atoms with Crippen LogP contribution in [0.5, 0.6) is 0 Å². The number of phosphoric acid groups is 2. The third kappa shape index (κ3) is 73.8. The van der Waals surface area contributed by atoms with Gasteiger partial charge in [0.25, 0.3) is 0 Å². The van der Waals surface area contributed by atoms with E-state index in [4.69, 9.17) is 37.0 Å². The lowest BCUT2D eigenvalue weighted by Crippen LogP contribution is -2.30. The summed E-state index contributed by atoms with van der Waals surface area (Å²) in [4.78, 5) is 72.9. The van der Waals surface area contributed by atoms with Gasteiger partial charge in [0, 0.05) is 25.7 Å². The Labute approximate surface area is 619 Å². The van der Waals surface area contributed by atoms with Gasteiger partial charge < -0.3 is 33.8 Å². The van der Waals surface area contributed by atoms with Crippen LogP contribution in [0, 0.1) is 0 Å². The molecule has 102 heavy (non-hydrogen) atoms. The Kier molecular flexibility index (Phi) is 71.4. The average molecular weight is 1470 g/mol. The van der Waals surface area contributed by atoms with Gasteiger partial charge in [0.1, 0.15) is 19.3 Å². The Balaban J connectivity index is 5.36. The highest BCUT2D eigenvalue weighted by molar-refractivity contribution is 7.47. The molecule has 0 radical (unpaired) electrons. The summed E-state index contributed by atoms with van der Waals surface area (Å²) in [5.41, 5.74) is 0. The topological polar surface area (TPSA) is 237 Å². The van der Waals surface area contributed by atoms with Gasteiger partial charge in [0.2, 0.25) is 0 Å². The number of allylic oxidation sites excluding steroid dienone is 20. The van der Waals surface area contributed by atoms with Crippen LogP contribution in [-0.4, -0.2) is 96.7 Å². The van der Waals surface area contributed by atoms with Gasteiger partial charge in [-0.05, 0) is 122 Å². The molecule has 19 heteroatoms. The fourth-order valence-electron chi connectivity index (χ4n) is 10.4. The minimum atomic E-state index is -4.99. The van der Waals surface area contributed by atoms with Gasteiger partial charge in [-0.1, -0.05) is 297 Å². The van der Waals surface area contributed by atoms with E-state index in [2.05, 4.69) is 131 Å². The van der Waals surface area contributed by atoms with Crippen LogP contribution in [0.4, 0.5) is 0 Å². The summed E-state index contributed by atoms with van der Waals surface area (Å²) < 4.78 is 68.4. The van der Waals surface area contributed by atoms with Crippen molar-refractivity contribution in [2.24, 2.45) is 0 Å². The highest BCUT2D eigenvalue weighted by Crippen LogP contribution is 2.45. The van der Waals surface area contributed by atoms with Crippen LogP contribution in [0.1, 0.15) is 323 Å². The molecule has 0 aliphatic carbocycles. The minimum Gasteiger partial charge on any atom is -0.462 e. The molecule has 0 heterocycles. The molecular weight excluding hydrogens is 1330 g/mol. The summed E-state index contributed by atoms with van der Waals surface area (Å²) in [6.07, 6.45) is 82.0. The molecule has 3 N–H and O–H groups in total. The Morgan fingerprint density at radius 2 is 0.539 bits per heavy atom. The van der Waals surface area contributed by atoms with Crippen molar-refractivity contribution in [1.82, 2.24) is 0 Å². The highest BCUT2D eigenvalue weighted by atomic mass is 31.2. The maximum absolute atomic E-state index is 13.1. The number of unbranched alkanes of at least 4 members (excludes halogenated alkanes) is 28. The van der Waals surface area contributed by atoms with Gasteiger partial charge in [-0.15, -0.1) is 0 Å². The van der Waals surface area contributed by atoms with E-state index in [1.54, 1.807) is 0 Å². The fraction of sp³-hybridized carbons (Fsp3) is 0.711. The first-order valence-electron chi connectivity index (χ1n) is 39.8. The van der Waals surface area contributed by atoms with Crippen molar-refractivity contribution in [3.8, 4) is 0 Å². The van der Waals surface area contributed by atoms with E-state index in [1.807, 2.05) is 18.2 Å². The first-order valence-corrected chi connectivity index (χ1v) is 42.8. The first-order chi connectivity index (χ1) is 49.7. The molecule has 0 aliphatic rings. The normalized spacial score (nSPS) is 14.5. The van der Waals surface area contributed by atoms with Crippen LogP contribution in [-0.2, 0) is 65.4 Å². The monoisotopic (exact) mass is 1470 g/mol. The van der Waals surface area contributed by atoms with Crippen LogP contribution < -0.4 is 0 Å². The second-order valence-electron chi connectivity index (χ2n) is 26.3. The molecule has 0 saturated heterocycles. The molecule has 0 rings (SSSR count). The van der Waals surface area contributed by atoms with Crippen LogP contribution in [0.15, 0.2) is 122 Å². The zero-order chi connectivity index (χ0) is 74.6. The van der Waals surface area contributed by atoms with E-state index >= 15 is 0 Å². The Morgan fingerprint density at radius 1 is 0.284 bits per heavy atom. The number of rotatable bonds is 74. The number of carbonyl (C=O) groups excluding carboxylic acids is 4. The molecule has 5 atom stereocenters. The molecule has 0 aromatic carbocycles. The van der Waals surface area contributed by atoms with Gasteiger partial charge in [-0.3, -0.25) is 37.3 Å². The van der Waals surface area contributed by atoms with Crippen molar-refractivity contribution in [1.29, 1.82) is 0 Å². The number of phosphoric ester groups is 2. The quantitative estimate of drug-likeness (QED) is 0.0169. The predicted octanol–water partition coefficient (Wildman–Crippen LogP) is 23.1. The van der Waals surface area contributed by atoms with Crippen LogP contribution in [0.2, 0.25) is 0 Å². The molecule has 5 unspecified atom stereocenters. The second kappa shape index (κ2) is 74.7. The smallest absolute Gasteiger partial charge is 0.462 e. The van der Waals surface area contributed by atoms with E-state index in [9.17, 15) is 43.2 Å². The van der Waals surface area contributed by atoms with Crippen LogP contribution in [0.25, 0.3) is 0 Å². The molecule has 0 fully saturated rings. The minimum absolute atomic E-state index is 0.0362. The molecule has 0 spiro atoms. The number of hydrogen-bond donors (Lipinski definition) is 3. The van der Waals surface area contributed by atoms with Crippen molar-refractivity contribution < 1.29 is 80.2 Å². The summed E-state index contributed by atoms with van der Waals surface area (Å²) in [6.45, 7) is 4.60. The lowest BCUT2D eigenvalue weighted by Gasteiger charge is -2.21. The average Bonchev–Trinajstić information content (AvgIpc) is 0.907. The van der Waals surface area contributed by atoms with E-state index in [1.165, 1.54) is 83.5 Å². The third-order valence-corrected chi connectivity index (χ3v) is 18.3. The lowest BCUT2D eigenvalue weighted by molar-refractivity contribution is -0.161. The lowest BCUT2D eigenvalue weighted by atomic mass is 10.0. The van der Waals surface area contributed by atoms with Gasteiger partial charge in [0.15, 0.2) is 12.2 Å². The summed E-state index contributed by atoms with van der Waals surface area (Å²) in [5.74, 6) is -2.29. The standard InChI is InChI=1S/C83H142O17P2/c1-5-9-13-17-21-25-29-32-34-36-38-40-42-45-48-51-55-59-63-67-80(85)93-73-78(99-82(87)69-65-61-57-53-47-28-24-20-16-12-8-4)75-97-101(89,90)95-71-77(84)72-96-102(91,92)98-76-79(100-83(88)70-66-62-58-54-50-44-31-27-23-19-15-11-7-3)74-94-81(86)68-64-60-56-52-49-46-43-41-39-37-35-33-30-26-22-18-14-10-6-2/h10,14,20-22,24-26,32-35,38-41,46,49,56,60,77-79,84H,5-9,11-13,15-19,23,27-31,36-37,42-45,47-48,50-55,57-59,61-76H2,1-4H3,(H,89,90)(H,91,92)/b14-10-,24-20-,25-21-,26-22-,34-32-,35-33-,40-38-,41-39-,49-46-,60-56-. The molecular formula is C83H142O17P2. The maximum Gasteiger partial charge on any atom is 0.472 e. The first kappa shape index (κ1) is 97.5. The van der Waals surface area contributed by atoms with Crippen LogP contribution in [0.3, 0.4) is 0 Å². The molecule has 0 aromatic heterocycles. The van der Waals surface area contributed by atoms with Crippen molar-refractivity contribution in [3.63, 3.8) is 0 Å². The number of esters is 4. The van der Waals surface area contributed by atoms with Gasteiger partial charge in [-0.25, -0.2) is 9.13 Å². The fourth-order valence-corrected chi connectivity index (χ4v) is 11.9. The third-order valence-electron chi connectivity index (χ3n) is 16.4. The van der Waals surface area contributed by atoms with Crippen molar-refractivity contribution in [2.45, 2.75) is 341 Å². The number of carbonyl (C=O) groups is 4. The Bertz CT molecular complexity index is 2410. The summed E-state index contributed by atoms with van der Waals surface area (Å²) >= 11 is 0. The zero-order valence-electron chi connectivity index (χ0n) is 64.0. The number of aliphatic hydroxyl groups excluding tert-OH is 1. The van der Waals surface area contributed by atoms with Crippen molar-refractivity contribution in [2.75, 3.05) is 39.6 Å². The zero-order valence-corrected chi connectivity index (χ0v) is 65.8. The summed E-state index contributed by atoms with van der Waals surface area (Å²) in [7, 11) is -9.97. The van der Waals surface area contributed by atoms with Gasteiger partial charge in [0.05, 0.1) is 26.4 Å². The molecule has 0 aliphatic heterocycles. The second-order valence-corrected chi connectivity index (χ2v) is 29.2. The SMILES string of the molecule is CC/C=C\C/C=C\C/C=C\C/C=C\C/C=C\C/C=C\CCC(=O)OCC(COP(=O)(O)OCC(O)COP(=O)(O)OCC(COC(=O)CCCCCCCC/C=C\C/C=C\C/C=C\CCCCC)OC(=O)CCCCCCC/C=C\CCCC)OC(=O)CCCCCCCCCCCCCCC. The molecule has 0 bridgehead atoms. The van der Waals surface area contributed by atoms with Crippen molar-refractivity contribution >= 4 is 39.5 Å². The van der Waals surface area contributed by atoms with E-state index in [0.29, 0.717) is 32.1 Å². The van der Waals surface area contributed by atoms with E-state index < -0.39 is 97.5 Å². The number of hydrogen-bond acceptors (Lipinski definition) is 15. The summed E-state index contributed by atoms with van der Waals surface area (Å²) in [6, 6.07) is 0. The van der Waals surface area contributed by atoms with Gasteiger partial charge in [-0.2, -0.15) is 0 Å². The number of ether oxygens (including phenoxy) is 4. The summed E-state index contributed by atoms with van der Waals surface area (Å²) in [5, 5.41) is 10.6. The predicted molar refractivity (Wildman–Crippen MR) is 418 cm³/mol. The molecule has 17 nitrogen and oxygen atoms in total. The van der Waals surface area contributed by atoms with Gasteiger partial charge >= 0.3 is 39.5 Å². The maximum atomic E-state index is 13.1. The molecule has 0 amide bonds. The molecule has 0 saturated carbocycles. The largest absolute Gasteiger partial charge is 0.472 e. The van der Waals surface area contributed by atoms with Crippen molar-refractivity contribution in [3.05, 3.63) is 122 Å².